The topological polar surface area (TPSA) is 78.8 Å². The van der Waals surface area contributed by atoms with E-state index in [1.165, 1.54) is 0 Å². The Morgan fingerprint density at radius 1 is 1.32 bits per heavy atom. The number of hydrogen-bond acceptors (Lipinski definition) is 4. The molecular weight excluding hydrogens is 245 g/mol. The second kappa shape index (κ2) is 6.08. The van der Waals surface area contributed by atoms with Gasteiger partial charge in [0.25, 0.3) is 0 Å². The number of nitrogens with one attached hydrogen (secondary N) is 1. The van der Waals surface area contributed by atoms with E-state index in [9.17, 15) is 14.8 Å². The molecule has 0 heterocycles. The van der Waals surface area contributed by atoms with Crippen LogP contribution in [0.2, 0.25) is 0 Å². The Hall–Kier alpha value is -1.53. The summed E-state index contributed by atoms with van der Waals surface area (Å²) in [5, 5.41) is 21.2. The van der Waals surface area contributed by atoms with E-state index in [-0.39, 0.29) is 6.04 Å². The highest BCUT2D eigenvalue weighted by molar-refractivity contribution is 6.59. The molecule has 0 aliphatic heterocycles. The van der Waals surface area contributed by atoms with Gasteiger partial charge in [0.15, 0.2) is 0 Å². The number of carbonyl (C=O) groups is 1. The molecule has 1 unspecified atom stereocenters. The molecular formula is C13H20BNO4. The molecule has 5 nitrogen and oxygen atoms in total. The van der Waals surface area contributed by atoms with Crippen LogP contribution in [0.15, 0.2) is 24.3 Å². The zero-order chi connectivity index (χ0) is 14.6. The van der Waals surface area contributed by atoms with Gasteiger partial charge in [-0.25, -0.2) is 4.79 Å². The minimum absolute atomic E-state index is 0.367. The maximum atomic E-state index is 11.7. The zero-order valence-electron chi connectivity index (χ0n) is 11.7. The van der Waals surface area contributed by atoms with Crippen molar-refractivity contribution in [2.24, 2.45) is 0 Å². The van der Waals surface area contributed by atoms with Gasteiger partial charge < -0.3 is 20.1 Å². The molecule has 19 heavy (non-hydrogen) atoms. The summed E-state index contributed by atoms with van der Waals surface area (Å²) in [6, 6.07) is 6.43. The van der Waals surface area contributed by atoms with Crippen LogP contribution in [-0.2, 0) is 4.74 Å². The normalized spacial score (nSPS) is 12.7. The molecule has 0 saturated heterocycles. The quantitative estimate of drug-likeness (QED) is 0.711. The van der Waals surface area contributed by atoms with Crippen molar-refractivity contribution in [2.75, 3.05) is 0 Å². The first-order valence-electron chi connectivity index (χ1n) is 6.15. The van der Waals surface area contributed by atoms with Gasteiger partial charge in [-0.05, 0) is 38.7 Å². The van der Waals surface area contributed by atoms with Gasteiger partial charge in [0.1, 0.15) is 5.60 Å². The fourth-order valence-corrected chi connectivity index (χ4v) is 1.70. The van der Waals surface area contributed by atoms with E-state index in [4.69, 9.17) is 4.74 Å². The molecule has 0 aliphatic carbocycles. The lowest BCUT2D eigenvalue weighted by Gasteiger charge is -2.23. The number of benzene rings is 1. The zero-order valence-corrected chi connectivity index (χ0v) is 11.7. The van der Waals surface area contributed by atoms with Gasteiger partial charge >= 0.3 is 13.2 Å². The highest BCUT2D eigenvalue weighted by Gasteiger charge is 2.22. The molecule has 1 atom stereocenters. The molecule has 1 amide bonds. The van der Waals surface area contributed by atoms with Crippen molar-refractivity contribution < 1.29 is 19.6 Å². The number of alkyl carbamates (subject to hydrolysis) is 1. The molecule has 1 rings (SSSR count). The second-order valence-electron chi connectivity index (χ2n) is 5.37. The molecule has 104 valence electrons. The summed E-state index contributed by atoms with van der Waals surface area (Å²) in [6.07, 6.45) is -0.540. The van der Waals surface area contributed by atoms with E-state index in [1.807, 2.05) is 0 Å². The maximum absolute atomic E-state index is 11.7. The summed E-state index contributed by atoms with van der Waals surface area (Å²) in [7, 11) is -1.57. The molecule has 0 aliphatic rings. The van der Waals surface area contributed by atoms with Crippen LogP contribution in [-0.4, -0.2) is 28.9 Å². The Labute approximate surface area is 113 Å². The van der Waals surface area contributed by atoms with Crippen LogP contribution >= 0.6 is 0 Å². The lowest BCUT2D eigenvalue weighted by atomic mass is 9.75. The van der Waals surface area contributed by atoms with Crippen molar-refractivity contribution in [3.8, 4) is 0 Å². The molecule has 0 bridgehead atoms. The highest BCUT2D eigenvalue weighted by atomic mass is 16.6. The lowest BCUT2D eigenvalue weighted by Crippen LogP contribution is -2.39. The number of carbonyl (C=O) groups excluding carboxylic acids is 1. The SMILES string of the molecule is CC(NC(=O)OC(C)(C)C)c1ccccc1B(O)O. The fraction of sp³-hybridized carbons (Fsp3) is 0.462. The van der Waals surface area contributed by atoms with E-state index in [1.54, 1.807) is 52.0 Å². The maximum Gasteiger partial charge on any atom is 0.488 e. The van der Waals surface area contributed by atoms with Crippen LogP contribution in [0.5, 0.6) is 0 Å². The number of amides is 1. The van der Waals surface area contributed by atoms with E-state index in [0.717, 1.165) is 0 Å². The molecule has 0 fully saturated rings. The summed E-state index contributed by atoms with van der Waals surface area (Å²) in [5.74, 6) is 0. The predicted octanol–water partition coefficient (Wildman–Crippen LogP) is 0.952. The summed E-state index contributed by atoms with van der Waals surface area (Å²) in [6.45, 7) is 7.10. The Kier molecular flexibility index (Phi) is 4.97. The van der Waals surface area contributed by atoms with Gasteiger partial charge in [-0.3, -0.25) is 0 Å². The average molecular weight is 265 g/mol. The number of rotatable bonds is 3. The minimum Gasteiger partial charge on any atom is -0.444 e. The fourth-order valence-electron chi connectivity index (χ4n) is 1.70. The van der Waals surface area contributed by atoms with Crippen LogP contribution in [0.1, 0.15) is 39.3 Å². The third-order valence-electron chi connectivity index (χ3n) is 2.47. The molecule has 0 radical (unpaired) electrons. The van der Waals surface area contributed by atoms with E-state index in [0.29, 0.717) is 11.0 Å². The molecule has 0 saturated carbocycles. The lowest BCUT2D eigenvalue weighted by molar-refractivity contribution is 0.0508. The van der Waals surface area contributed by atoms with Gasteiger partial charge in [-0.1, -0.05) is 24.3 Å². The Morgan fingerprint density at radius 3 is 2.42 bits per heavy atom. The highest BCUT2D eigenvalue weighted by Crippen LogP contribution is 2.12. The van der Waals surface area contributed by atoms with Gasteiger partial charge in [0, 0.05) is 0 Å². The van der Waals surface area contributed by atoms with Crippen LogP contribution < -0.4 is 10.8 Å². The molecule has 1 aromatic rings. The smallest absolute Gasteiger partial charge is 0.444 e. The average Bonchev–Trinajstić information content (AvgIpc) is 2.26. The van der Waals surface area contributed by atoms with Crippen molar-refractivity contribution >= 4 is 18.7 Å². The van der Waals surface area contributed by atoms with Crippen molar-refractivity contribution in [3.05, 3.63) is 29.8 Å². The van der Waals surface area contributed by atoms with Crippen molar-refractivity contribution in [3.63, 3.8) is 0 Å². The van der Waals surface area contributed by atoms with Crippen LogP contribution in [0.3, 0.4) is 0 Å². The first kappa shape index (κ1) is 15.5. The van der Waals surface area contributed by atoms with E-state index < -0.39 is 18.8 Å². The van der Waals surface area contributed by atoms with Gasteiger partial charge in [0.2, 0.25) is 0 Å². The standard InChI is InChI=1S/C13H20BNO4/c1-9(15-12(16)19-13(2,3)4)10-7-5-6-8-11(10)14(17)18/h5-9,17-18H,1-4H3,(H,15,16). The number of ether oxygens (including phenoxy) is 1. The number of hydrogen-bond donors (Lipinski definition) is 3. The molecule has 0 spiro atoms. The largest absolute Gasteiger partial charge is 0.488 e. The van der Waals surface area contributed by atoms with Crippen LogP contribution in [0, 0.1) is 0 Å². The summed E-state index contributed by atoms with van der Waals surface area (Å²) in [5.41, 5.74) is 0.439. The summed E-state index contributed by atoms with van der Waals surface area (Å²) < 4.78 is 5.16. The van der Waals surface area contributed by atoms with Crippen molar-refractivity contribution in [1.29, 1.82) is 0 Å². The predicted molar refractivity (Wildman–Crippen MR) is 74.1 cm³/mol. The minimum atomic E-state index is -1.57. The van der Waals surface area contributed by atoms with Crippen molar-refractivity contribution in [2.45, 2.75) is 39.3 Å². The Bertz CT molecular complexity index is 443. The Balaban J connectivity index is 2.79. The first-order valence-corrected chi connectivity index (χ1v) is 6.15. The molecule has 0 aromatic heterocycles. The van der Waals surface area contributed by atoms with Gasteiger partial charge in [-0.15, -0.1) is 0 Å². The third kappa shape index (κ3) is 4.92. The van der Waals surface area contributed by atoms with E-state index in [2.05, 4.69) is 5.32 Å². The molecule has 1 aromatic carbocycles. The summed E-state index contributed by atoms with van der Waals surface area (Å²) >= 11 is 0. The van der Waals surface area contributed by atoms with Crippen LogP contribution in [0.25, 0.3) is 0 Å². The monoisotopic (exact) mass is 265 g/mol. The first-order chi connectivity index (χ1) is 8.70. The van der Waals surface area contributed by atoms with E-state index >= 15 is 0 Å². The van der Waals surface area contributed by atoms with Crippen molar-refractivity contribution in [1.82, 2.24) is 5.32 Å². The van der Waals surface area contributed by atoms with Crippen LogP contribution in [0.4, 0.5) is 4.79 Å². The van der Waals surface area contributed by atoms with Gasteiger partial charge in [-0.2, -0.15) is 0 Å². The third-order valence-corrected chi connectivity index (χ3v) is 2.47. The summed E-state index contributed by atoms with van der Waals surface area (Å²) in [4.78, 5) is 11.7. The second-order valence-corrected chi connectivity index (χ2v) is 5.37. The van der Waals surface area contributed by atoms with Gasteiger partial charge in [0.05, 0.1) is 6.04 Å². The molecule has 6 heteroatoms. The molecule has 3 N–H and O–H groups in total. The Morgan fingerprint density at radius 2 is 1.89 bits per heavy atom.